The molecule has 1 heterocycles. The topological polar surface area (TPSA) is 50.2 Å². The number of allylic oxidation sites excluding steroid dienone is 2. The molecule has 1 aromatic heterocycles. The second kappa shape index (κ2) is 6.26. The number of benzene rings is 1. The van der Waals surface area contributed by atoms with Gasteiger partial charge in [0.05, 0.1) is 11.8 Å². The van der Waals surface area contributed by atoms with Crippen molar-refractivity contribution in [2.75, 3.05) is 0 Å². The lowest BCUT2D eigenvalue weighted by atomic mass is 9.54. The van der Waals surface area contributed by atoms with Crippen LogP contribution in [0.3, 0.4) is 0 Å². The molecule has 1 N–H and O–H groups in total. The number of hydrogen-bond donors (Lipinski definition) is 1. The Balaban J connectivity index is 1.47. The summed E-state index contributed by atoms with van der Waals surface area (Å²) in [4.78, 5) is 15.4. The molecule has 28 heavy (non-hydrogen) atoms. The van der Waals surface area contributed by atoms with Crippen LogP contribution in [-0.4, -0.2) is 16.1 Å². The molecule has 4 unspecified atom stereocenters. The van der Waals surface area contributed by atoms with Crippen molar-refractivity contribution in [3.8, 4) is 0 Å². The number of nitrogens with zero attached hydrogens (tertiary/aromatic N) is 1. The van der Waals surface area contributed by atoms with E-state index in [0.29, 0.717) is 23.3 Å². The highest BCUT2D eigenvalue weighted by Gasteiger charge is 2.51. The SMILES string of the molecule is CC12CCC3c4ccc(C(=O)O)cc4CCC3C1CC=C2c1cncc(F)c1. The van der Waals surface area contributed by atoms with Gasteiger partial charge in [-0.05, 0) is 95.7 Å². The number of pyridine rings is 1. The number of rotatable bonds is 2. The Hall–Kier alpha value is -2.49. The highest BCUT2D eigenvalue weighted by atomic mass is 19.1. The summed E-state index contributed by atoms with van der Waals surface area (Å²) in [5.41, 5.74) is 5.20. The molecular weight excluding hydrogens is 353 g/mol. The molecule has 3 aliphatic carbocycles. The van der Waals surface area contributed by atoms with Gasteiger partial charge >= 0.3 is 5.97 Å². The van der Waals surface area contributed by atoms with Crippen molar-refractivity contribution in [2.24, 2.45) is 17.3 Å². The molecule has 144 valence electrons. The van der Waals surface area contributed by atoms with Crippen molar-refractivity contribution in [1.82, 2.24) is 4.98 Å². The fourth-order valence-electron chi connectivity index (χ4n) is 6.29. The molecule has 5 rings (SSSR count). The number of aromatic carboxylic acids is 1. The van der Waals surface area contributed by atoms with E-state index >= 15 is 0 Å². The number of halogens is 1. The van der Waals surface area contributed by atoms with Crippen LogP contribution >= 0.6 is 0 Å². The maximum absolute atomic E-state index is 13.8. The zero-order chi connectivity index (χ0) is 19.5. The standard InChI is InChI=1S/C24H24FNO2/c1-24-9-8-19-18-4-3-15(23(27)28)10-14(18)2-5-20(19)22(24)7-6-21(24)16-11-17(25)13-26-12-16/h3-4,6,10-13,19-20,22H,2,5,7-9H2,1H3,(H,27,28). The molecule has 4 atom stereocenters. The van der Waals surface area contributed by atoms with E-state index < -0.39 is 5.97 Å². The van der Waals surface area contributed by atoms with Crippen LogP contribution in [0.4, 0.5) is 4.39 Å². The summed E-state index contributed by atoms with van der Waals surface area (Å²) in [5.74, 6) is 0.520. The van der Waals surface area contributed by atoms with Crippen molar-refractivity contribution < 1.29 is 14.3 Å². The van der Waals surface area contributed by atoms with Gasteiger partial charge in [-0.2, -0.15) is 0 Å². The van der Waals surface area contributed by atoms with Crippen molar-refractivity contribution in [3.05, 3.63) is 70.8 Å². The van der Waals surface area contributed by atoms with E-state index in [1.165, 1.54) is 22.9 Å². The van der Waals surface area contributed by atoms with Crippen LogP contribution in [0.5, 0.6) is 0 Å². The molecule has 0 radical (unpaired) electrons. The number of carbonyl (C=O) groups is 1. The van der Waals surface area contributed by atoms with Gasteiger partial charge in [-0.1, -0.05) is 19.1 Å². The average Bonchev–Trinajstić information content (AvgIpc) is 3.04. The van der Waals surface area contributed by atoms with E-state index in [2.05, 4.69) is 24.1 Å². The Bertz CT molecular complexity index is 998. The predicted octanol–water partition coefficient (Wildman–Crippen LogP) is 5.47. The van der Waals surface area contributed by atoms with E-state index in [9.17, 15) is 14.3 Å². The molecule has 0 spiro atoms. The zero-order valence-corrected chi connectivity index (χ0v) is 16.0. The third-order valence-electron chi connectivity index (χ3n) is 7.57. The zero-order valence-electron chi connectivity index (χ0n) is 16.0. The Kier molecular flexibility index (Phi) is 3.94. The second-order valence-corrected chi connectivity index (χ2v) is 8.84. The molecule has 1 fully saturated rings. The molecule has 0 saturated heterocycles. The smallest absolute Gasteiger partial charge is 0.335 e. The molecule has 4 heteroatoms. The van der Waals surface area contributed by atoms with Crippen LogP contribution in [0.15, 0.2) is 42.7 Å². The molecule has 0 aliphatic heterocycles. The van der Waals surface area contributed by atoms with Gasteiger partial charge in [-0.3, -0.25) is 4.98 Å². The van der Waals surface area contributed by atoms with Crippen LogP contribution in [0, 0.1) is 23.1 Å². The Morgan fingerprint density at radius 2 is 2.11 bits per heavy atom. The maximum atomic E-state index is 13.8. The van der Waals surface area contributed by atoms with Crippen molar-refractivity contribution >= 4 is 11.5 Å². The van der Waals surface area contributed by atoms with Gasteiger partial charge in [0.15, 0.2) is 0 Å². The third-order valence-corrected chi connectivity index (χ3v) is 7.57. The fraction of sp³-hybridized carbons (Fsp3) is 0.417. The Labute approximate surface area is 164 Å². The highest BCUT2D eigenvalue weighted by Crippen LogP contribution is 2.63. The number of carboxylic acids is 1. The fourth-order valence-corrected chi connectivity index (χ4v) is 6.29. The van der Waals surface area contributed by atoms with Crippen molar-refractivity contribution in [1.29, 1.82) is 0 Å². The number of hydrogen-bond acceptors (Lipinski definition) is 2. The summed E-state index contributed by atoms with van der Waals surface area (Å²) >= 11 is 0. The van der Waals surface area contributed by atoms with Gasteiger partial charge in [0, 0.05) is 6.20 Å². The minimum atomic E-state index is -0.852. The van der Waals surface area contributed by atoms with Gasteiger partial charge in [0.25, 0.3) is 0 Å². The first-order valence-corrected chi connectivity index (χ1v) is 10.1. The number of carboxylic acid groups (broad SMARTS) is 1. The number of aromatic nitrogens is 1. The molecule has 0 amide bonds. The minimum absolute atomic E-state index is 0.0646. The summed E-state index contributed by atoms with van der Waals surface area (Å²) in [5, 5.41) is 9.29. The van der Waals surface area contributed by atoms with E-state index in [0.717, 1.165) is 37.7 Å². The Morgan fingerprint density at radius 1 is 1.25 bits per heavy atom. The van der Waals surface area contributed by atoms with Crippen molar-refractivity contribution in [2.45, 2.75) is 44.9 Å². The predicted molar refractivity (Wildman–Crippen MR) is 106 cm³/mol. The first kappa shape index (κ1) is 17.6. The molecule has 3 aliphatic rings. The lowest BCUT2D eigenvalue weighted by molar-refractivity contribution is 0.0696. The minimum Gasteiger partial charge on any atom is -0.478 e. The molecule has 3 nitrogen and oxygen atoms in total. The van der Waals surface area contributed by atoms with E-state index in [1.54, 1.807) is 18.3 Å². The summed E-state index contributed by atoms with van der Waals surface area (Å²) in [7, 11) is 0. The largest absolute Gasteiger partial charge is 0.478 e. The van der Waals surface area contributed by atoms with Crippen molar-refractivity contribution in [3.63, 3.8) is 0 Å². The maximum Gasteiger partial charge on any atom is 0.335 e. The van der Waals surface area contributed by atoms with Crippen LogP contribution in [0.2, 0.25) is 0 Å². The molecule has 1 saturated carbocycles. The van der Waals surface area contributed by atoms with Crippen LogP contribution in [-0.2, 0) is 6.42 Å². The molecule has 0 bridgehead atoms. The Morgan fingerprint density at radius 3 is 2.89 bits per heavy atom. The van der Waals surface area contributed by atoms with Gasteiger partial charge in [0.1, 0.15) is 5.82 Å². The van der Waals surface area contributed by atoms with Crippen LogP contribution < -0.4 is 0 Å². The first-order chi connectivity index (χ1) is 13.5. The molecular formula is C24H24FNO2. The highest BCUT2D eigenvalue weighted by molar-refractivity contribution is 5.88. The van der Waals surface area contributed by atoms with Crippen LogP contribution in [0.1, 0.15) is 65.6 Å². The lowest BCUT2D eigenvalue weighted by Gasteiger charge is -2.50. The normalized spacial score (nSPS) is 30.8. The summed E-state index contributed by atoms with van der Waals surface area (Å²) in [6.07, 6.45) is 10.6. The molecule has 2 aromatic rings. The number of fused-ring (bicyclic) bond motifs is 5. The van der Waals surface area contributed by atoms with Gasteiger partial charge in [-0.25, -0.2) is 9.18 Å². The first-order valence-electron chi connectivity index (χ1n) is 10.1. The summed E-state index contributed by atoms with van der Waals surface area (Å²) in [6, 6.07) is 7.30. The summed E-state index contributed by atoms with van der Waals surface area (Å²) in [6.45, 7) is 2.35. The lowest BCUT2D eigenvalue weighted by Crippen LogP contribution is -2.41. The van der Waals surface area contributed by atoms with Gasteiger partial charge in [-0.15, -0.1) is 0 Å². The average molecular weight is 377 g/mol. The van der Waals surface area contributed by atoms with Gasteiger partial charge in [0.2, 0.25) is 0 Å². The van der Waals surface area contributed by atoms with E-state index in [-0.39, 0.29) is 11.2 Å². The van der Waals surface area contributed by atoms with Gasteiger partial charge < -0.3 is 5.11 Å². The second-order valence-electron chi connectivity index (χ2n) is 8.84. The number of aryl methyl sites for hydroxylation is 1. The van der Waals surface area contributed by atoms with E-state index in [1.807, 2.05) is 6.07 Å². The van der Waals surface area contributed by atoms with Crippen LogP contribution in [0.25, 0.3) is 5.57 Å². The van der Waals surface area contributed by atoms with E-state index in [4.69, 9.17) is 0 Å². The molecule has 1 aromatic carbocycles. The quantitative estimate of drug-likeness (QED) is 0.755. The third kappa shape index (κ3) is 2.54. The summed E-state index contributed by atoms with van der Waals surface area (Å²) < 4.78 is 13.8. The monoisotopic (exact) mass is 377 g/mol.